The van der Waals surface area contributed by atoms with Crippen molar-refractivity contribution in [3.63, 3.8) is 0 Å². The van der Waals surface area contributed by atoms with Gasteiger partial charge in [0.05, 0.1) is 5.56 Å². The minimum atomic E-state index is -2.65. The molecule has 0 radical (unpaired) electrons. The largest absolute Gasteiger partial charge is 0.508 e. The third-order valence-corrected chi connectivity index (χ3v) is 10.7. The lowest BCUT2D eigenvalue weighted by Gasteiger charge is -2.40. The van der Waals surface area contributed by atoms with Gasteiger partial charge in [-0.3, -0.25) is 4.90 Å². The first-order valence-corrected chi connectivity index (χ1v) is 16.3. The van der Waals surface area contributed by atoms with Crippen LogP contribution in [-0.2, 0) is 0 Å². The van der Waals surface area contributed by atoms with E-state index in [2.05, 4.69) is 22.1 Å². The summed E-state index contributed by atoms with van der Waals surface area (Å²) < 4.78 is 67.2. The van der Waals surface area contributed by atoms with Gasteiger partial charge in [0.1, 0.15) is 29.5 Å². The van der Waals surface area contributed by atoms with Crippen molar-refractivity contribution < 1.29 is 27.4 Å². The average Bonchev–Trinajstić information content (AvgIpc) is 3.52. The summed E-state index contributed by atoms with van der Waals surface area (Å²) in [5.41, 5.74) is -0.549. The Morgan fingerprint density at radius 3 is 2.78 bits per heavy atom. The molecular formula is C34H34ClF4N5O2. The van der Waals surface area contributed by atoms with Gasteiger partial charge in [-0.1, -0.05) is 23.7 Å². The van der Waals surface area contributed by atoms with E-state index in [0.717, 1.165) is 12.8 Å². The van der Waals surface area contributed by atoms with Gasteiger partial charge in [-0.15, -0.1) is 0 Å². The highest BCUT2D eigenvalue weighted by Gasteiger charge is 2.46. The van der Waals surface area contributed by atoms with Crippen LogP contribution in [0.25, 0.3) is 32.8 Å². The van der Waals surface area contributed by atoms with E-state index in [1.807, 2.05) is 4.90 Å². The number of halogens is 5. The Balaban J connectivity index is 1.23. The van der Waals surface area contributed by atoms with Crippen LogP contribution >= 0.6 is 11.6 Å². The third kappa shape index (κ3) is 5.11. The summed E-state index contributed by atoms with van der Waals surface area (Å²) in [6.07, 6.45) is 2.97. The highest BCUT2D eigenvalue weighted by atomic mass is 35.5. The van der Waals surface area contributed by atoms with Gasteiger partial charge in [-0.2, -0.15) is 9.97 Å². The lowest BCUT2D eigenvalue weighted by Crippen LogP contribution is -2.58. The molecule has 46 heavy (non-hydrogen) atoms. The van der Waals surface area contributed by atoms with Gasteiger partial charge in [0.2, 0.25) is 0 Å². The average molecular weight is 656 g/mol. The zero-order valence-corrected chi connectivity index (χ0v) is 26.1. The molecule has 0 spiro atoms. The highest BCUT2D eigenvalue weighted by molar-refractivity contribution is 6.36. The molecule has 4 aliphatic rings. The van der Waals surface area contributed by atoms with Gasteiger partial charge < -0.3 is 20.1 Å². The highest BCUT2D eigenvalue weighted by Crippen LogP contribution is 2.43. The van der Waals surface area contributed by atoms with Gasteiger partial charge >= 0.3 is 6.01 Å². The molecule has 4 saturated heterocycles. The summed E-state index contributed by atoms with van der Waals surface area (Å²) in [5, 5.41) is 15.6. The second kappa shape index (κ2) is 10.8. The Hall–Kier alpha value is -3.41. The fourth-order valence-electron chi connectivity index (χ4n) is 8.27. The molecule has 4 aliphatic heterocycles. The fourth-order valence-corrected chi connectivity index (χ4v) is 8.55. The van der Waals surface area contributed by atoms with Crippen LogP contribution in [0, 0.1) is 11.6 Å². The number of anilines is 1. The molecule has 2 bridgehead atoms. The van der Waals surface area contributed by atoms with E-state index in [1.54, 1.807) is 18.2 Å². The number of piperidine rings is 1. The number of phenols is 1. The number of alkyl halides is 2. The molecule has 3 aromatic carbocycles. The van der Waals surface area contributed by atoms with Crippen LogP contribution in [0.1, 0.15) is 45.4 Å². The lowest BCUT2D eigenvalue weighted by molar-refractivity contribution is -0.0776. The predicted molar refractivity (Wildman–Crippen MR) is 169 cm³/mol. The fraction of sp³-hybridized carbons (Fsp3) is 0.471. The van der Waals surface area contributed by atoms with Crippen molar-refractivity contribution in [2.75, 3.05) is 31.1 Å². The zero-order chi connectivity index (χ0) is 32.0. The van der Waals surface area contributed by atoms with Crippen molar-refractivity contribution in [1.82, 2.24) is 20.2 Å². The van der Waals surface area contributed by atoms with E-state index in [-0.39, 0.29) is 88.5 Å². The first kappa shape index (κ1) is 30.0. The molecule has 8 rings (SSSR count). The van der Waals surface area contributed by atoms with Crippen molar-refractivity contribution >= 4 is 39.1 Å². The molecule has 5 heterocycles. The van der Waals surface area contributed by atoms with Gasteiger partial charge in [0.25, 0.3) is 5.92 Å². The Labute approximate surface area is 268 Å². The molecule has 0 amide bonds. The number of ether oxygens (including phenoxy) is 1. The second-order valence-corrected chi connectivity index (χ2v) is 14.1. The van der Waals surface area contributed by atoms with E-state index in [0.29, 0.717) is 42.5 Å². The van der Waals surface area contributed by atoms with Gasteiger partial charge in [0.15, 0.2) is 5.82 Å². The van der Waals surface area contributed by atoms with Crippen LogP contribution in [-0.4, -0.2) is 75.8 Å². The molecule has 12 heteroatoms. The van der Waals surface area contributed by atoms with Crippen LogP contribution in [0.2, 0.25) is 5.02 Å². The number of hydrogen-bond donors (Lipinski definition) is 2. The topological polar surface area (TPSA) is 73.8 Å². The number of piperazine rings is 1. The normalized spacial score (nSPS) is 27.4. The molecule has 1 unspecified atom stereocenters. The number of aromatic hydroxyl groups is 1. The number of nitrogens with one attached hydrogen (secondary N) is 1. The first-order valence-electron chi connectivity index (χ1n) is 15.9. The van der Waals surface area contributed by atoms with Crippen LogP contribution in [0.5, 0.6) is 11.8 Å². The molecule has 1 aromatic heterocycles. The number of benzene rings is 3. The van der Waals surface area contributed by atoms with Crippen molar-refractivity contribution in [3.05, 3.63) is 53.1 Å². The lowest BCUT2D eigenvalue weighted by atomic mass is 9.95. The third-order valence-electron chi connectivity index (χ3n) is 10.3. The SMILES string of the molecule is C[C@]12CCC(CN(c3nc(OC[C@@H]4CC[C@H]5CC(F)(F)CCN45)nc4c(F)c(-c5cc(O)cc6cccc(Cl)c56)c(F)cc34)C1)N2. The summed E-state index contributed by atoms with van der Waals surface area (Å²) in [6, 6.07) is 8.94. The maximum absolute atomic E-state index is 16.8. The summed E-state index contributed by atoms with van der Waals surface area (Å²) in [7, 11) is 0. The molecule has 4 fully saturated rings. The van der Waals surface area contributed by atoms with Crippen molar-refractivity contribution in [2.45, 2.75) is 75.0 Å². The maximum atomic E-state index is 16.8. The van der Waals surface area contributed by atoms with Crippen molar-refractivity contribution in [2.24, 2.45) is 0 Å². The van der Waals surface area contributed by atoms with E-state index in [1.165, 1.54) is 18.2 Å². The summed E-state index contributed by atoms with van der Waals surface area (Å²) in [4.78, 5) is 13.4. The number of fused-ring (bicyclic) bond motifs is 5. The van der Waals surface area contributed by atoms with Crippen LogP contribution in [0.4, 0.5) is 23.4 Å². The van der Waals surface area contributed by atoms with Gasteiger partial charge in [0, 0.05) is 77.5 Å². The monoisotopic (exact) mass is 655 g/mol. The maximum Gasteiger partial charge on any atom is 0.319 e. The van der Waals surface area contributed by atoms with Crippen molar-refractivity contribution in [3.8, 4) is 22.9 Å². The number of rotatable bonds is 5. The molecule has 242 valence electrons. The summed E-state index contributed by atoms with van der Waals surface area (Å²) >= 11 is 6.52. The summed E-state index contributed by atoms with van der Waals surface area (Å²) in [6.45, 7) is 3.77. The van der Waals surface area contributed by atoms with Crippen LogP contribution in [0.3, 0.4) is 0 Å². The quantitative estimate of drug-likeness (QED) is 0.223. The molecule has 4 aromatic rings. The molecule has 4 atom stereocenters. The van der Waals surface area contributed by atoms with Crippen molar-refractivity contribution in [1.29, 1.82) is 0 Å². The van der Waals surface area contributed by atoms with Gasteiger partial charge in [-0.25, -0.2) is 17.6 Å². The molecule has 0 saturated carbocycles. The first-order chi connectivity index (χ1) is 22.0. The number of nitrogens with zero attached hydrogens (tertiary/aromatic N) is 4. The molecule has 0 aliphatic carbocycles. The Kier molecular flexibility index (Phi) is 7.04. The number of phenolic OH excluding ortho intramolecular Hbond substituents is 1. The van der Waals surface area contributed by atoms with E-state index < -0.39 is 17.6 Å². The Bertz CT molecular complexity index is 1880. The molecular weight excluding hydrogens is 622 g/mol. The number of hydrogen-bond acceptors (Lipinski definition) is 7. The smallest absolute Gasteiger partial charge is 0.319 e. The van der Waals surface area contributed by atoms with E-state index >= 15 is 8.78 Å². The minimum Gasteiger partial charge on any atom is -0.508 e. The number of aromatic nitrogens is 2. The molecule has 7 nitrogen and oxygen atoms in total. The Morgan fingerprint density at radius 1 is 1.11 bits per heavy atom. The Morgan fingerprint density at radius 2 is 1.96 bits per heavy atom. The van der Waals surface area contributed by atoms with E-state index in [4.69, 9.17) is 21.3 Å². The van der Waals surface area contributed by atoms with Crippen LogP contribution < -0.4 is 15.0 Å². The van der Waals surface area contributed by atoms with Gasteiger partial charge in [-0.05, 0) is 62.3 Å². The molecule has 2 N–H and O–H groups in total. The predicted octanol–water partition coefficient (Wildman–Crippen LogP) is 7.06. The van der Waals surface area contributed by atoms with E-state index in [9.17, 15) is 13.9 Å². The standard InChI is InChI=1S/C34H34ClF4N5O2/c1-33-8-7-19(42-33)15-43(17-33)31-24-13-26(36)28(23-12-22(45)11-18-3-2-4-25(35)27(18)23)29(37)30(24)40-32(41-31)46-16-21-6-5-20-14-34(38,39)9-10-44(20)21/h2-4,11-13,19-21,42,45H,5-10,14-17H2,1H3/t19?,20-,21-,33-/m0/s1. The second-order valence-electron chi connectivity index (χ2n) is 13.7. The minimum absolute atomic E-state index is 0.0559. The zero-order valence-electron chi connectivity index (χ0n) is 25.3. The summed E-state index contributed by atoms with van der Waals surface area (Å²) in [5.74, 6) is -4.18. The van der Waals surface area contributed by atoms with Crippen LogP contribution in [0.15, 0.2) is 36.4 Å².